The predicted octanol–water partition coefficient (Wildman–Crippen LogP) is 4.38. The second-order valence-corrected chi connectivity index (χ2v) is 10.4. The van der Waals surface area contributed by atoms with Gasteiger partial charge in [0.2, 0.25) is 5.91 Å². The lowest BCUT2D eigenvalue weighted by Crippen LogP contribution is -2.52. The Balaban J connectivity index is 1.46. The van der Waals surface area contributed by atoms with Crippen LogP contribution in [-0.4, -0.2) is 52.0 Å². The van der Waals surface area contributed by atoms with Crippen molar-refractivity contribution in [1.82, 2.24) is 9.80 Å². The Morgan fingerprint density at radius 1 is 1.00 bits per heavy atom. The van der Waals surface area contributed by atoms with Crippen LogP contribution in [0.5, 0.6) is 5.75 Å². The van der Waals surface area contributed by atoms with Crippen molar-refractivity contribution >= 4 is 22.6 Å². The molecule has 188 valence electrons. The number of rotatable bonds is 8. The summed E-state index contributed by atoms with van der Waals surface area (Å²) in [5.41, 5.74) is 2.06. The Morgan fingerprint density at radius 2 is 1.72 bits per heavy atom. The van der Waals surface area contributed by atoms with Gasteiger partial charge in [0.1, 0.15) is 17.9 Å². The van der Waals surface area contributed by atoms with E-state index in [4.69, 9.17) is 4.74 Å². The molecule has 2 fully saturated rings. The first-order valence-electron chi connectivity index (χ1n) is 12.8. The number of likely N-dealkylation sites (tertiary alicyclic amines) is 1. The molecule has 6 nitrogen and oxygen atoms in total. The molecule has 2 amide bonds. The molecule has 1 N–H and O–H groups in total. The van der Waals surface area contributed by atoms with E-state index in [9.17, 15) is 14.7 Å². The van der Waals surface area contributed by atoms with Crippen LogP contribution in [-0.2, 0) is 22.7 Å². The Kier molecular flexibility index (Phi) is 6.71. The molecule has 0 aromatic heterocycles. The van der Waals surface area contributed by atoms with Gasteiger partial charge in [-0.25, -0.2) is 0 Å². The zero-order valence-electron chi connectivity index (χ0n) is 21.1. The number of methoxy groups -OCH3 is 1. The molecule has 1 saturated heterocycles. The quantitative estimate of drug-likeness (QED) is 0.513. The van der Waals surface area contributed by atoms with E-state index < -0.39 is 12.1 Å². The van der Waals surface area contributed by atoms with Gasteiger partial charge in [-0.3, -0.25) is 9.59 Å². The number of ether oxygens (including phenoxy) is 1. The maximum Gasteiger partial charge on any atom is 0.252 e. The van der Waals surface area contributed by atoms with Gasteiger partial charge >= 0.3 is 0 Å². The van der Waals surface area contributed by atoms with Crippen LogP contribution in [0.2, 0.25) is 0 Å². The van der Waals surface area contributed by atoms with Gasteiger partial charge in [0.05, 0.1) is 7.11 Å². The van der Waals surface area contributed by atoms with Crippen LogP contribution >= 0.6 is 0 Å². The van der Waals surface area contributed by atoms with Crippen LogP contribution in [0.25, 0.3) is 10.8 Å². The second-order valence-electron chi connectivity index (χ2n) is 10.4. The molecule has 5 rings (SSSR count). The van der Waals surface area contributed by atoms with Crippen molar-refractivity contribution in [2.24, 2.45) is 11.8 Å². The van der Waals surface area contributed by atoms with Crippen LogP contribution in [0.15, 0.2) is 66.7 Å². The molecular weight excluding hydrogens is 452 g/mol. The number of carbonyl (C=O) groups is 2. The van der Waals surface area contributed by atoms with Crippen LogP contribution in [0, 0.1) is 11.8 Å². The summed E-state index contributed by atoms with van der Waals surface area (Å²) < 4.78 is 5.30. The largest absolute Gasteiger partial charge is 0.497 e. The molecular formula is C30H34N2O4. The predicted molar refractivity (Wildman–Crippen MR) is 139 cm³/mol. The van der Waals surface area contributed by atoms with Crippen molar-refractivity contribution in [3.8, 4) is 5.75 Å². The van der Waals surface area contributed by atoms with Gasteiger partial charge in [0.25, 0.3) is 5.91 Å². The van der Waals surface area contributed by atoms with Crippen LogP contribution in [0.3, 0.4) is 0 Å². The number of benzene rings is 3. The number of aliphatic hydroxyl groups excluding tert-OH is 1. The minimum atomic E-state index is -1.09. The standard InChI is InChI=1S/C30H34N2O4/c1-19(2)28(33)30(35)32-26-15-23(26)16-27(32)29(34)31(17-20-11-13-24(36-3)14-12-20)18-22-9-6-8-21-7-4-5-10-25(21)22/h4-14,19,23,26-28,33H,15-18H2,1-3H3/t23-,26-,27-,28?/m0/s1. The highest BCUT2D eigenvalue weighted by molar-refractivity contribution is 5.91. The van der Waals surface area contributed by atoms with Crippen LogP contribution < -0.4 is 4.74 Å². The molecule has 1 saturated carbocycles. The number of hydrogen-bond donors (Lipinski definition) is 1. The fourth-order valence-electron chi connectivity index (χ4n) is 5.44. The summed E-state index contributed by atoms with van der Waals surface area (Å²) in [6.45, 7) is 4.52. The number of amides is 2. The van der Waals surface area contributed by atoms with E-state index in [1.54, 1.807) is 12.0 Å². The lowest BCUT2D eigenvalue weighted by molar-refractivity contribution is -0.152. The monoisotopic (exact) mass is 486 g/mol. The van der Waals surface area contributed by atoms with Crippen molar-refractivity contribution in [2.75, 3.05) is 7.11 Å². The molecule has 1 aliphatic carbocycles. The van der Waals surface area contributed by atoms with Crippen LogP contribution in [0.1, 0.15) is 37.8 Å². The van der Waals surface area contributed by atoms with E-state index in [0.717, 1.165) is 34.1 Å². The maximum atomic E-state index is 14.1. The Morgan fingerprint density at radius 3 is 2.44 bits per heavy atom. The number of carbonyl (C=O) groups excluding carboxylic acids is 2. The average Bonchev–Trinajstić information content (AvgIpc) is 3.56. The molecule has 4 atom stereocenters. The molecule has 2 aliphatic rings. The summed E-state index contributed by atoms with van der Waals surface area (Å²) in [6, 6.07) is 21.6. The zero-order chi connectivity index (χ0) is 25.4. The van der Waals surface area contributed by atoms with Gasteiger partial charge < -0.3 is 19.6 Å². The topological polar surface area (TPSA) is 70.1 Å². The molecule has 1 aliphatic heterocycles. The minimum Gasteiger partial charge on any atom is -0.497 e. The number of aliphatic hydroxyl groups is 1. The van der Waals surface area contributed by atoms with E-state index in [1.807, 2.05) is 61.2 Å². The summed E-state index contributed by atoms with van der Waals surface area (Å²) in [5.74, 6) is 0.541. The Hall–Kier alpha value is -3.38. The molecule has 6 heteroatoms. The third-order valence-electron chi connectivity index (χ3n) is 7.61. The van der Waals surface area contributed by atoms with Gasteiger partial charge in [-0.15, -0.1) is 0 Å². The van der Waals surface area contributed by atoms with Gasteiger partial charge in [-0.2, -0.15) is 0 Å². The van der Waals surface area contributed by atoms with Gasteiger partial charge in [-0.1, -0.05) is 68.4 Å². The van der Waals surface area contributed by atoms with Crippen LogP contribution in [0.4, 0.5) is 0 Å². The molecule has 1 unspecified atom stereocenters. The molecule has 0 bridgehead atoms. The van der Waals surface area contributed by atoms with Crippen molar-refractivity contribution in [1.29, 1.82) is 0 Å². The van der Waals surface area contributed by atoms with E-state index >= 15 is 0 Å². The van der Waals surface area contributed by atoms with Gasteiger partial charge in [0.15, 0.2) is 0 Å². The minimum absolute atomic E-state index is 0.0599. The fourth-order valence-corrected chi connectivity index (χ4v) is 5.44. The highest BCUT2D eigenvalue weighted by Gasteiger charge is 2.57. The summed E-state index contributed by atoms with van der Waals surface area (Å²) in [5, 5.41) is 12.8. The van der Waals surface area contributed by atoms with E-state index in [0.29, 0.717) is 25.4 Å². The first kappa shape index (κ1) is 24.3. The average molecular weight is 487 g/mol. The second kappa shape index (κ2) is 9.94. The molecule has 36 heavy (non-hydrogen) atoms. The summed E-state index contributed by atoms with van der Waals surface area (Å²) in [4.78, 5) is 30.9. The molecule has 0 radical (unpaired) electrons. The smallest absolute Gasteiger partial charge is 0.252 e. The van der Waals surface area contributed by atoms with Crippen molar-refractivity contribution in [3.05, 3.63) is 77.9 Å². The third-order valence-corrected chi connectivity index (χ3v) is 7.61. The SMILES string of the molecule is COc1ccc(CN(Cc2cccc3ccccc23)C(=O)[C@@H]2C[C@@H]3C[C@@H]3N2C(=O)C(O)C(C)C)cc1. The lowest BCUT2D eigenvalue weighted by Gasteiger charge is -2.34. The highest BCUT2D eigenvalue weighted by atomic mass is 16.5. The fraction of sp³-hybridized carbons (Fsp3) is 0.400. The summed E-state index contributed by atoms with van der Waals surface area (Å²) in [7, 11) is 1.63. The van der Waals surface area contributed by atoms with E-state index in [-0.39, 0.29) is 23.8 Å². The first-order valence-corrected chi connectivity index (χ1v) is 12.8. The Bertz CT molecular complexity index is 1250. The van der Waals surface area contributed by atoms with E-state index in [1.165, 1.54) is 0 Å². The summed E-state index contributed by atoms with van der Waals surface area (Å²) in [6.07, 6.45) is 0.490. The third kappa shape index (κ3) is 4.70. The number of nitrogens with zero attached hydrogens (tertiary/aromatic N) is 2. The first-order chi connectivity index (χ1) is 17.4. The van der Waals surface area contributed by atoms with E-state index in [2.05, 4.69) is 24.3 Å². The van der Waals surface area contributed by atoms with Gasteiger partial charge in [-0.05, 0) is 58.7 Å². The molecule has 3 aromatic rings. The van der Waals surface area contributed by atoms with Gasteiger partial charge in [0, 0.05) is 19.1 Å². The molecule has 1 heterocycles. The lowest BCUT2D eigenvalue weighted by atomic mass is 10.0. The maximum absolute atomic E-state index is 14.1. The van der Waals surface area contributed by atoms with Crippen molar-refractivity contribution in [2.45, 2.75) is 58.0 Å². The van der Waals surface area contributed by atoms with Crippen molar-refractivity contribution in [3.63, 3.8) is 0 Å². The summed E-state index contributed by atoms with van der Waals surface area (Å²) >= 11 is 0. The van der Waals surface area contributed by atoms with Crippen molar-refractivity contribution < 1.29 is 19.4 Å². The molecule has 0 spiro atoms. The highest BCUT2D eigenvalue weighted by Crippen LogP contribution is 2.48. The zero-order valence-corrected chi connectivity index (χ0v) is 21.1. The Labute approximate surface area is 212 Å². The molecule has 3 aromatic carbocycles. The number of fused-ring (bicyclic) bond motifs is 2. The number of piperidine rings is 1. The number of hydrogen-bond acceptors (Lipinski definition) is 4. The normalized spacial score (nSPS) is 21.4.